The van der Waals surface area contributed by atoms with E-state index in [1.165, 1.54) is 0 Å². The number of pyridine rings is 1. The van der Waals surface area contributed by atoms with E-state index in [0.29, 0.717) is 5.02 Å². The van der Waals surface area contributed by atoms with Crippen molar-refractivity contribution in [2.75, 3.05) is 5.75 Å². The van der Waals surface area contributed by atoms with Crippen molar-refractivity contribution in [2.45, 2.75) is 11.6 Å². The van der Waals surface area contributed by atoms with E-state index in [1.807, 2.05) is 60.3 Å². The summed E-state index contributed by atoms with van der Waals surface area (Å²) in [6.45, 7) is 0. The molecule has 3 rings (SSSR count). The molecule has 0 saturated heterocycles. The van der Waals surface area contributed by atoms with Gasteiger partial charge in [0, 0.05) is 30.3 Å². The Morgan fingerprint density at radius 3 is 2.68 bits per heavy atom. The zero-order chi connectivity index (χ0) is 15.4. The summed E-state index contributed by atoms with van der Waals surface area (Å²) in [5, 5.41) is 10.1. The Kier molecular flexibility index (Phi) is 4.75. The highest BCUT2D eigenvalue weighted by atomic mass is 35.5. The fraction of sp³-hybridized carbons (Fsp3) is 0.188. The lowest BCUT2D eigenvalue weighted by Crippen LogP contribution is -1.97. The van der Waals surface area contributed by atoms with Gasteiger partial charge >= 0.3 is 0 Å². The van der Waals surface area contributed by atoms with Crippen molar-refractivity contribution in [2.24, 2.45) is 7.05 Å². The van der Waals surface area contributed by atoms with Gasteiger partial charge in [-0.15, -0.1) is 10.2 Å². The molecule has 0 unspecified atom stereocenters. The molecule has 112 valence electrons. The van der Waals surface area contributed by atoms with Crippen LogP contribution in [0.4, 0.5) is 0 Å². The summed E-state index contributed by atoms with van der Waals surface area (Å²) in [5.41, 5.74) is 1.99. The number of aryl methyl sites for hydroxylation is 1. The number of halogens is 1. The molecule has 0 bridgehead atoms. The van der Waals surface area contributed by atoms with E-state index in [1.54, 1.807) is 11.8 Å². The minimum atomic E-state index is 0.683. The van der Waals surface area contributed by atoms with Crippen LogP contribution < -0.4 is 0 Å². The molecule has 0 atom stereocenters. The maximum atomic E-state index is 6.23. The molecule has 0 aliphatic heterocycles. The Hall–Kier alpha value is -1.85. The van der Waals surface area contributed by atoms with Crippen LogP contribution >= 0.6 is 23.4 Å². The molecule has 1 aromatic carbocycles. The van der Waals surface area contributed by atoms with Gasteiger partial charge in [-0.3, -0.25) is 4.98 Å². The van der Waals surface area contributed by atoms with Crippen LogP contribution in [0.15, 0.2) is 53.8 Å². The first-order valence-corrected chi connectivity index (χ1v) is 8.29. The molecule has 2 heterocycles. The molecule has 2 aromatic heterocycles. The van der Waals surface area contributed by atoms with Crippen molar-refractivity contribution < 1.29 is 0 Å². The van der Waals surface area contributed by atoms with Gasteiger partial charge < -0.3 is 4.57 Å². The molecule has 0 radical (unpaired) electrons. The summed E-state index contributed by atoms with van der Waals surface area (Å²) in [7, 11) is 1.96. The number of rotatable bonds is 5. The first-order chi connectivity index (χ1) is 10.8. The Bertz CT molecular complexity index is 758. The number of nitrogens with zero attached hydrogens (tertiary/aromatic N) is 4. The predicted molar refractivity (Wildman–Crippen MR) is 90.1 cm³/mol. The van der Waals surface area contributed by atoms with Gasteiger partial charge in [-0.05, 0) is 30.7 Å². The van der Waals surface area contributed by atoms with Crippen LogP contribution in [0.1, 0.15) is 5.69 Å². The van der Waals surface area contributed by atoms with E-state index in [9.17, 15) is 0 Å². The van der Waals surface area contributed by atoms with E-state index in [4.69, 9.17) is 11.6 Å². The highest BCUT2D eigenvalue weighted by molar-refractivity contribution is 7.99. The maximum Gasteiger partial charge on any atom is 0.191 e. The first-order valence-electron chi connectivity index (χ1n) is 6.92. The Balaban J connectivity index is 1.70. The summed E-state index contributed by atoms with van der Waals surface area (Å²) in [6, 6.07) is 13.6. The molecule has 6 heteroatoms. The average Bonchev–Trinajstić information content (AvgIpc) is 2.90. The lowest BCUT2D eigenvalue weighted by Gasteiger charge is -2.05. The molecule has 3 aromatic rings. The van der Waals surface area contributed by atoms with Crippen molar-refractivity contribution >= 4 is 23.4 Å². The summed E-state index contributed by atoms with van der Waals surface area (Å²) in [4.78, 5) is 4.32. The monoisotopic (exact) mass is 330 g/mol. The van der Waals surface area contributed by atoms with Gasteiger partial charge in [0.05, 0.1) is 5.02 Å². The maximum absolute atomic E-state index is 6.23. The third kappa shape index (κ3) is 3.31. The summed E-state index contributed by atoms with van der Waals surface area (Å²) in [6.07, 6.45) is 2.72. The fourth-order valence-electron chi connectivity index (χ4n) is 2.11. The smallest absolute Gasteiger partial charge is 0.191 e. The second kappa shape index (κ2) is 6.94. The number of thioether (sulfide) groups is 1. The van der Waals surface area contributed by atoms with Crippen molar-refractivity contribution in [3.8, 4) is 11.4 Å². The van der Waals surface area contributed by atoms with Crippen LogP contribution in [0.2, 0.25) is 5.02 Å². The van der Waals surface area contributed by atoms with Gasteiger partial charge in [-0.2, -0.15) is 0 Å². The number of hydrogen-bond donors (Lipinski definition) is 0. The van der Waals surface area contributed by atoms with Gasteiger partial charge in [0.2, 0.25) is 0 Å². The molecule has 22 heavy (non-hydrogen) atoms. The van der Waals surface area contributed by atoms with Crippen molar-refractivity contribution in [1.82, 2.24) is 19.7 Å². The van der Waals surface area contributed by atoms with E-state index >= 15 is 0 Å². The molecule has 4 nitrogen and oxygen atoms in total. The second-order valence-electron chi connectivity index (χ2n) is 4.76. The highest BCUT2D eigenvalue weighted by Gasteiger charge is 2.13. The van der Waals surface area contributed by atoms with E-state index < -0.39 is 0 Å². The zero-order valence-electron chi connectivity index (χ0n) is 12.1. The number of benzene rings is 1. The van der Waals surface area contributed by atoms with Gasteiger partial charge in [0.25, 0.3) is 0 Å². The molecule has 0 amide bonds. The molecule has 0 N–H and O–H groups in total. The minimum absolute atomic E-state index is 0.683. The van der Waals surface area contributed by atoms with Gasteiger partial charge in [0.1, 0.15) is 0 Å². The van der Waals surface area contributed by atoms with Crippen LogP contribution in [0.5, 0.6) is 0 Å². The van der Waals surface area contributed by atoms with Crippen LogP contribution in [0.3, 0.4) is 0 Å². The Morgan fingerprint density at radius 1 is 1.09 bits per heavy atom. The fourth-order valence-corrected chi connectivity index (χ4v) is 3.20. The Morgan fingerprint density at radius 2 is 1.91 bits per heavy atom. The standard InChI is InChI=1S/C16H15ClN4S/c1-21-15(13-7-2-3-8-14(13)17)19-20-16(21)22-11-9-12-6-4-5-10-18-12/h2-8,10H,9,11H2,1H3. The molecule has 0 fully saturated rings. The highest BCUT2D eigenvalue weighted by Crippen LogP contribution is 2.28. The summed E-state index contributed by atoms with van der Waals surface area (Å²) >= 11 is 7.90. The average molecular weight is 331 g/mol. The minimum Gasteiger partial charge on any atom is -0.305 e. The van der Waals surface area contributed by atoms with Gasteiger partial charge in [-0.25, -0.2) is 0 Å². The van der Waals surface area contributed by atoms with E-state index in [0.717, 1.165) is 34.4 Å². The SMILES string of the molecule is Cn1c(SCCc2ccccn2)nnc1-c1ccccc1Cl. The van der Waals surface area contributed by atoms with Gasteiger partial charge in [0.15, 0.2) is 11.0 Å². The van der Waals surface area contributed by atoms with Crippen molar-refractivity contribution in [1.29, 1.82) is 0 Å². The molecular formula is C16H15ClN4S. The molecule has 0 spiro atoms. The quantitative estimate of drug-likeness (QED) is 0.666. The van der Waals surface area contributed by atoms with E-state index in [-0.39, 0.29) is 0 Å². The number of aromatic nitrogens is 4. The largest absolute Gasteiger partial charge is 0.305 e. The third-order valence-corrected chi connectivity index (χ3v) is 4.62. The first kappa shape index (κ1) is 15.1. The zero-order valence-corrected chi connectivity index (χ0v) is 13.7. The van der Waals surface area contributed by atoms with Gasteiger partial charge in [-0.1, -0.05) is 41.6 Å². The predicted octanol–water partition coefficient (Wildman–Crippen LogP) is 3.87. The normalized spacial score (nSPS) is 10.8. The molecule has 0 saturated carbocycles. The van der Waals surface area contributed by atoms with Crippen LogP contribution in [0, 0.1) is 0 Å². The Labute approximate surface area is 138 Å². The summed E-state index contributed by atoms with van der Waals surface area (Å²) < 4.78 is 1.98. The molecule has 0 aliphatic rings. The van der Waals surface area contributed by atoms with Crippen molar-refractivity contribution in [3.05, 3.63) is 59.4 Å². The molecule has 0 aliphatic carbocycles. The van der Waals surface area contributed by atoms with Crippen molar-refractivity contribution in [3.63, 3.8) is 0 Å². The van der Waals surface area contributed by atoms with Crippen LogP contribution in [-0.2, 0) is 13.5 Å². The van der Waals surface area contributed by atoms with E-state index in [2.05, 4.69) is 15.2 Å². The second-order valence-corrected chi connectivity index (χ2v) is 6.23. The lowest BCUT2D eigenvalue weighted by atomic mass is 10.2. The van der Waals surface area contributed by atoms with Crippen LogP contribution in [-0.4, -0.2) is 25.5 Å². The third-order valence-electron chi connectivity index (χ3n) is 3.27. The van der Waals surface area contributed by atoms with Crippen LogP contribution in [0.25, 0.3) is 11.4 Å². The molecular weight excluding hydrogens is 316 g/mol. The topological polar surface area (TPSA) is 43.6 Å². The lowest BCUT2D eigenvalue weighted by molar-refractivity contribution is 0.793. The number of hydrogen-bond acceptors (Lipinski definition) is 4. The summed E-state index contributed by atoms with van der Waals surface area (Å²) in [5.74, 6) is 1.69.